The quantitative estimate of drug-likeness (QED) is 0.844. The summed E-state index contributed by atoms with van der Waals surface area (Å²) in [5, 5.41) is 5.78. The van der Waals surface area contributed by atoms with E-state index in [2.05, 4.69) is 26.8 Å². The average Bonchev–Trinajstić information content (AvgIpc) is 3.05. The van der Waals surface area contributed by atoms with Crippen LogP contribution in [0.25, 0.3) is 4.96 Å². The fraction of sp³-hybridized carbons (Fsp3) is 0.733. The van der Waals surface area contributed by atoms with Gasteiger partial charge in [0.15, 0.2) is 0 Å². The molecule has 2 aromatic heterocycles. The van der Waals surface area contributed by atoms with Gasteiger partial charge in [-0.3, -0.25) is 4.90 Å². The minimum Gasteiger partial charge on any atom is -0.376 e. The largest absolute Gasteiger partial charge is 0.376 e. The predicted molar refractivity (Wildman–Crippen MR) is 87.8 cm³/mol. The Morgan fingerprint density at radius 1 is 1.27 bits per heavy atom. The third kappa shape index (κ3) is 2.73. The van der Waals surface area contributed by atoms with E-state index in [9.17, 15) is 0 Å². The molecule has 2 aliphatic heterocycles. The van der Waals surface area contributed by atoms with Gasteiger partial charge < -0.3 is 9.64 Å². The van der Waals surface area contributed by atoms with Gasteiger partial charge in [-0.25, -0.2) is 9.50 Å². The Bertz CT molecular complexity index is 614. The minimum atomic E-state index is 0.377. The molecule has 120 valence electrons. The van der Waals surface area contributed by atoms with Crippen LogP contribution in [0.5, 0.6) is 0 Å². The second-order valence-corrected chi connectivity index (χ2v) is 7.32. The molecule has 0 aromatic carbocycles. The van der Waals surface area contributed by atoms with Crippen molar-refractivity contribution in [2.24, 2.45) is 0 Å². The molecule has 7 heteroatoms. The van der Waals surface area contributed by atoms with Crippen molar-refractivity contribution >= 4 is 21.4 Å². The Kier molecular flexibility index (Phi) is 3.79. The highest BCUT2D eigenvalue weighted by molar-refractivity contribution is 7.20. The van der Waals surface area contributed by atoms with E-state index < -0.39 is 0 Å². The molecular weight excluding hydrogens is 298 g/mol. The van der Waals surface area contributed by atoms with Crippen LogP contribution in [0.4, 0.5) is 5.13 Å². The Balaban J connectivity index is 1.39. The van der Waals surface area contributed by atoms with Crippen LogP contribution in [-0.4, -0.2) is 64.4 Å². The molecule has 0 bridgehead atoms. The lowest BCUT2D eigenvalue weighted by molar-refractivity contribution is -0.0373. The van der Waals surface area contributed by atoms with E-state index >= 15 is 0 Å². The first-order chi connectivity index (χ1) is 10.7. The summed E-state index contributed by atoms with van der Waals surface area (Å²) in [5.41, 5.74) is 1.03. The Hall–Kier alpha value is -1.18. The van der Waals surface area contributed by atoms with Gasteiger partial charge in [0.2, 0.25) is 10.1 Å². The topological polar surface area (TPSA) is 45.9 Å². The van der Waals surface area contributed by atoms with Crippen molar-refractivity contribution in [2.45, 2.75) is 38.8 Å². The second-order valence-electron chi connectivity index (χ2n) is 6.39. The molecule has 22 heavy (non-hydrogen) atoms. The molecule has 1 unspecified atom stereocenters. The summed E-state index contributed by atoms with van der Waals surface area (Å²) in [6.07, 6.45) is 4.81. The third-order valence-electron chi connectivity index (χ3n) is 4.68. The lowest BCUT2D eigenvalue weighted by Crippen LogP contribution is -2.51. The summed E-state index contributed by atoms with van der Waals surface area (Å²) < 4.78 is 7.56. The molecule has 4 rings (SSSR count). The molecule has 0 aliphatic carbocycles. The van der Waals surface area contributed by atoms with Crippen molar-refractivity contribution < 1.29 is 4.74 Å². The fourth-order valence-electron chi connectivity index (χ4n) is 3.53. The number of aromatic nitrogens is 3. The summed E-state index contributed by atoms with van der Waals surface area (Å²) in [6, 6.07) is 0.703. The molecule has 0 amide bonds. The van der Waals surface area contributed by atoms with Crippen molar-refractivity contribution in [2.75, 3.05) is 37.7 Å². The average molecular weight is 321 g/mol. The number of imidazole rings is 1. The maximum Gasteiger partial charge on any atom is 0.214 e. The highest BCUT2D eigenvalue weighted by atomic mass is 32.1. The normalized spacial score (nSPS) is 25.2. The molecular formula is C15H23N5OS. The maximum atomic E-state index is 5.65. The van der Waals surface area contributed by atoms with E-state index in [1.807, 2.05) is 17.6 Å². The predicted octanol–water partition coefficient (Wildman–Crippen LogP) is 1.79. The zero-order valence-corrected chi connectivity index (χ0v) is 14.1. The number of fused-ring (bicyclic) bond motifs is 1. The summed E-state index contributed by atoms with van der Waals surface area (Å²) in [7, 11) is 0. The third-order valence-corrected chi connectivity index (χ3v) is 5.66. The molecule has 0 radical (unpaired) electrons. The van der Waals surface area contributed by atoms with Gasteiger partial charge in [-0.15, -0.1) is 5.10 Å². The number of piperidine rings is 1. The highest BCUT2D eigenvalue weighted by Gasteiger charge is 2.29. The van der Waals surface area contributed by atoms with E-state index in [0.717, 1.165) is 48.6 Å². The van der Waals surface area contributed by atoms with Crippen LogP contribution >= 0.6 is 11.3 Å². The van der Waals surface area contributed by atoms with Crippen LogP contribution < -0.4 is 4.90 Å². The number of aryl methyl sites for hydroxylation is 1. The van der Waals surface area contributed by atoms with Gasteiger partial charge in [-0.2, -0.15) is 0 Å². The van der Waals surface area contributed by atoms with E-state index in [1.54, 1.807) is 11.3 Å². The minimum absolute atomic E-state index is 0.377. The van der Waals surface area contributed by atoms with Crippen molar-refractivity contribution in [3.63, 3.8) is 0 Å². The monoisotopic (exact) mass is 321 g/mol. The second kappa shape index (κ2) is 5.79. The lowest BCUT2D eigenvalue weighted by Gasteiger charge is -2.41. The van der Waals surface area contributed by atoms with E-state index in [-0.39, 0.29) is 0 Å². The Labute approximate surface area is 134 Å². The number of nitrogens with zero attached hydrogens (tertiary/aromatic N) is 5. The maximum absolute atomic E-state index is 5.65. The number of anilines is 1. The van der Waals surface area contributed by atoms with Crippen molar-refractivity contribution in [1.82, 2.24) is 19.5 Å². The van der Waals surface area contributed by atoms with Crippen LogP contribution in [-0.2, 0) is 4.74 Å². The van der Waals surface area contributed by atoms with Gasteiger partial charge in [0, 0.05) is 32.2 Å². The van der Waals surface area contributed by atoms with Gasteiger partial charge >= 0.3 is 0 Å². The standard InChI is InChI=1S/C15H23N5OS/c1-11-9-20-14(16-11)22-15(17-20)18-5-3-13(4-6-18)19-7-8-21-12(2)10-19/h9,12-13H,3-8,10H2,1-2H3. The smallest absolute Gasteiger partial charge is 0.214 e. The summed E-state index contributed by atoms with van der Waals surface area (Å²) in [5.74, 6) is 0. The highest BCUT2D eigenvalue weighted by Crippen LogP contribution is 2.27. The molecule has 1 atom stereocenters. The number of morpholine rings is 1. The van der Waals surface area contributed by atoms with Crippen molar-refractivity contribution in [3.8, 4) is 0 Å². The van der Waals surface area contributed by atoms with E-state index in [0.29, 0.717) is 12.1 Å². The fourth-order valence-corrected chi connectivity index (χ4v) is 4.51. The molecule has 2 fully saturated rings. The first kappa shape index (κ1) is 14.4. The summed E-state index contributed by atoms with van der Waals surface area (Å²) in [6.45, 7) is 9.40. The van der Waals surface area contributed by atoms with Crippen LogP contribution in [0, 0.1) is 6.92 Å². The summed E-state index contributed by atoms with van der Waals surface area (Å²) >= 11 is 1.69. The Morgan fingerprint density at radius 3 is 2.82 bits per heavy atom. The molecule has 2 aliphatic rings. The molecule has 2 aromatic rings. The molecule has 0 spiro atoms. The van der Waals surface area contributed by atoms with Crippen LogP contribution in [0.2, 0.25) is 0 Å². The van der Waals surface area contributed by atoms with E-state index in [1.165, 1.54) is 12.8 Å². The zero-order valence-electron chi connectivity index (χ0n) is 13.2. The molecule has 2 saturated heterocycles. The lowest BCUT2D eigenvalue weighted by atomic mass is 10.0. The Morgan fingerprint density at radius 2 is 2.09 bits per heavy atom. The zero-order chi connectivity index (χ0) is 15.1. The number of hydrogen-bond acceptors (Lipinski definition) is 6. The van der Waals surface area contributed by atoms with Gasteiger partial charge in [0.05, 0.1) is 24.6 Å². The van der Waals surface area contributed by atoms with Crippen LogP contribution in [0.3, 0.4) is 0 Å². The molecule has 6 nitrogen and oxygen atoms in total. The number of ether oxygens (including phenoxy) is 1. The van der Waals surface area contributed by atoms with E-state index in [4.69, 9.17) is 4.74 Å². The number of rotatable bonds is 2. The molecule has 0 saturated carbocycles. The first-order valence-electron chi connectivity index (χ1n) is 8.12. The van der Waals surface area contributed by atoms with Gasteiger partial charge in [-0.05, 0) is 26.7 Å². The van der Waals surface area contributed by atoms with Crippen molar-refractivity contribution in [1.29, 1.82) is 0 Å². The van der Waals surface area contributed by atoms with Gasteiger partial charge in [-0.1, -0.05) is 11.3 Å². The van der Waals surface area contributed by atoms with Crippen LogP contribution in [0.15, 0.2) is 6.20 Å². The molecule has 4 heterocycles. The van der Waals surface area contributed by atoms with Gasteiger partial charge in [0.1, 0.15) is 0 Å². The summed E-state index contributed by atoms with van der Waals surface area (Å²) in [4.78, 5) is 10.5. The molecule has 0 N–H and O–H groups in total. The SMILES string of the molecule is Cc1cn2nc(N3CCC(N4CCOC(C)C4)CC3)sc2n1. The first-order valence-corrected chi connectivity index (χ1v) is 8.94. The van der Waals surface area contributed by atoms with Crippen LogP contribution in [0.1, 0.15) is 25.5 Å². The van der Waals surface area contributed by atoms with Gasteiger partial charge in [0.25, 0.3) is 0 Å². The number of hydrogen-bond donors (Lipinski definition) is 0. The van der Waals surface area contributed by atoms with Crippen molar-refractivity contribution in [3.05, 3.63) is 11.9 Å².